The van der Waals surface area contributed by atoms with Crippen LogP contribution in [0.15, 0.2) is 53.6 Å². The molecule has 0 aliphatic heterocycles. The van der Waals surface area contributed by atoms with Gasteiger partial charge < -0.3 is 14.6 Å². The van der Waals surface area contributed by atoms with Crippen LogP contribution in [-0.2, 0) is 23.9 Å². The first kappa shape index (κ1) is 27.5. The van der Waals surface area contributed by atoms with Crippen molar-refractivity contribution in [1.29, 1.82) is 0 Å². The van der Waals surface area contributed by atoms with Crippen LogP contribution in [-0.4, -0.2) is 46.4 Å². The van der Waals surface area contributed by atoms with E-state index in [0.717, 1.165) is 0 Å². The fourth-order valence-corrected chi connectivity index (χ4v) is 5.15. The highest BCUT2D eigenvalue weighted by molar-refractivity contribution is 6.03. The molecule has 1 N–H and O–H groups in total. The Kier molecular flexibility index (Phi) is 8.04. The van der Waals surface area contributed by atoms with Gasteiger partial charge in [0.25, 0.3) is 0 Å². The highest BCUT2D eigenvalue weighted by Crippen LogP contribution is 2.48. The molecule has 1 aromatic rings. The molecule has 7 heteroatoms. The summed E-state index contributed by atoms with van der Waals surface area (Å²) in [4.78, 5) is 52.2. The van der Waals surface area contributed by atoms with Crippen molar-refractivity contribution >= 4 is 23.5 Å². The topological polar surface area (TPSA) is 107 Å². The van der Waals surface area contributed by atoms with Gasteiger partial charge >= 0.3 is 11.9 Å². The molecule has 1 fully saturated rings. The van der Waals surface area contributed by atoms with E-state index < -0.39 is 46.9 Å². The van der Waals surface area contributed by atoms with Crippen molar-refractivity contribution in [3.05, 3.63) is 59.2 Å². The number of carbonyl (C=O) groups excluding carboxylic acids is 4. The zero-order chi connectivity index (χ0) is 26.8. The highest BCUT2D eigenvalue weighted by atomic mass is 16.6. The van der Waals surface area contributed by atoms with E-state index in [1.165, 1.54) is 6.92 Å². The second-order valence-corrected chi connectivity index (χ2v) is 10.8. The number of aliphatic hydroxyl groups excluding tert-OH is 1. The van der Waals surface area contributed by atoms with E-state index in [1.54, 1.807) is 70.2 Å². The third-order valence-corrected chi connectivity index (χ3v) is 7.42. The number of fused-ring (bicyclic) bond motifs is 1. The van der Waals surface area contributed by atoms with Gasteiger partial charge in [-0.15, -0.1) is 0 Å². The number of hydrogen-bond acceptors (Lipinski definition) is 7. The lowest BCUT2D eigenvalue weighted by atomic mass is 9.77. The van der Waals surface area contributed by atoms with E-state index in [2.05, 4.69) is 0 Å². The molecule has 1 saturated carbocycles. The van der Waals surface area contributed by atoms with Crippen LogP contribution in [0.5, 0.6) is 0 Å². The summed E-state index contributed by atoms with van der Waals surface area (Å²) in [5.74, 6) is -2.88. The number of hydrogen-bond donors (Lipinski definition) is 1. The second-order valence-electron chi connectivity index (χ2n) is 10.8. The monoisotopic (exact) mass is 496 g/mol. The second kappa shape index (κ2) is 10.5. The van der Waals surface area contributed by atoms with Gasteiger partial charge in [0.15, 0.2) is 5.60 Å². The SMILES string of the molecule is CC(=O)OC12CC(C)C(OC(=O)c3ccccc3)C1C=C(C)C(O)CC(=O)C(C)(C)CC=C(C)C2=O. The van der Waals surface area contributed by atoms with Crippen LogP contribution in [0.4, 0.5) is 0 Å². The van der Waals surface area contributed by atoms with Gasteiger partial charge in [-0.25, -0.2) is 4.79 Å². The average Bonchev–Trinajstić information content (AvgIpc) is 3.07. The number of carbonyl (C=O) groups is 4. The molecule has 0 bridgehead atoms. The number of Topliss-reactive ketones (excluding diaryl/α,β-unsaturated/α-hetero) is 2. The smallest absolute Gasteiger partial charge is 0.338 e. The van der Waals surface area contributed by atoms with E-state index in [1.807, 2.05) is 6.92 Å². The number of aliphatic hydroxyl groups is 1. The maximum atomic E-state index is 14.0. The number of benzene rings is 1. The van der Waals surface area contributed by atoms with Crippen molar-refractivity contribution in [3.8, 4) is 0 Å². The summed E-state index contributed by atoms with van der Waals surface area (Å²) in [6.45, 7) is 9.97. The first-order chi connectivity index (χ1) is 16.8. The molecule has 3 rings (SSSR count). The zero-order valence-electron chi connectivity index (χ0n) is 21.9. The molecular weight excluding hydrogens is 460 g/mol. The molecule has 1 aromatic carbocycles. The normalized spacial score (nSPS) is 30.8. The summed E-state index contributed by atoms with van der Waals surface area (Å²) >= 11 is 0. The molecule has 2 aliphatic carbocycles. The van der Waals surface area contributed by atoms with Gasteiger partial charge in [-0.2, -0.15) is 0 Å². The molecule has 194 valence electrons. The molecule has 0 heterocycles. The molecule has 36 heavy (non-hydrogen) atoms. The lowest BCUT2D eigenvalue weighted by molar-refractivity contribution is -0.168. The predicted octanol–water partition coefficient (Wildman–Crippen LogP) is 4.38. The van der Waals surface area contributed by atoms with E-state index in [0.29, 0.717) is 23.1 Å². The Morgan fingerprint density at radius 2 is 1.72 bits per heavy atom. The van der Waals surface area contributed by atoms with Crippen molar-refractivity contribution in [2.24, 2.45) is 17.3 Å². The van der Waals surface area contributed by atoms with Crippen molar-refractivity contribution in [2.75, 3.05) is 0 Å². The first-order valence-electron chi connectivity index (χ1n) is 12.4. The van der Waals surface area contributed by atoms with Crippen LogP contribution in [0.25, 0.3) is 0 Å². The molecule has 5 atom stereocenters. The first-order valence-corrected chi connectivity index (χ1v) is 12.4. The minimum absolute atomic E-state index is 0.0898. The maximum Gasteiger partial charge on any atom is 0.338 e. The Morgan fingerprint density at radius 1 is 1.08 bits per heavy atom. The van der Waals surface area contributed by atoms with Crippen LogP contribution in [0.3, 0.4) is 0 Å². The van der Waals surface area contributed by atoms with Gasteiger partial charge in [-0.3, -0.25) is 14.4 Å². The third kappa shape index (κ3) is 5.51. The van der Waals surface area contributed by atoms with Crippen molar-refractivity contribution in [3.63, 3.8) is 0 Å². The van der Waals surface area contributed by atoms with Gasteiger partial charge in [-0.05, 0) is 49.5 Å². The van der Waals surface area contributed by atoms with E-state index in [-0.39, 0.29) is 24.5 Å². The van der Waals surface area contributed by atoms with Crippen LogP contribution in [0, 0.1) is 17.3 Å². The van der Waals surface area contributed by atoms with Gasteiger partial charge in [-0.1, -0.05) is 51.1 Å². The van der Waals surface area contributed by atoms with Crippen LogP contribution < -0.4 is 0 Å². The highest BCUT2D eigenvalue weighted by Gasteiger charge is 2.60. The Morgan fingerprint density at radius 3 is 2.33 bits per heavy atom. The molecule has 0 radical (unpaired) electrons. The molecule has 5 unspecified atom stereocenters. The van der Waals surface area contributed by atoms with Crippen molar-refractivity contribution in [1.82, 2.24) is 0 Å². The summed E-state index contributed by atoms with van der Waals surface area (Å²) in [5.41, 5.74) is -1.21. The number of esters is 2. The fraction of sp³-hybridized carbons (Fsp3) is 0.517. The third-order valence-electron chi connectivity index (χ3n) is 7.42. The number of ether oxygens (including phenoxy) is 2. The molecule has 2 aliphatic rings. The molecule has 0 spiro atoms. The number of rotatable bonds is 3. The lowest BCUT2D eigenvalue weighted by Crippen LogP contribution is -2.49. The van der Waals surface area contributed by atoms with Gasteiger partial charge in [0.1, 0.15) is 11.9 Å². The van der Waals surface area contributed by atoms with Gasteiger partial charge in [0.05, 0.1) is 17.6 Å². The van der Waals surface area contributed by atoms with Crippen molar-refractivity contribution < 1.29 is 33.8 Å². The average molecular weight is 497 g/mol. The fourth-order valence-electron chi connectivity index (χ4n) is 5.15. The lowest BCUT2D eigenvalue weighted by Gasteiger charge is -2.35. The van der Waals surface area contributed by atoms with Gasteiger partial charge in [0, 0.05) is 25.2 Å². The molecule has 0 amide bonds. The van der Waals surface area contributed by atoms with Gasteiger partial charge in [0.2, 0.25) is 5.78 Å². The molecule has 7 nitrogen and oxygen atoms in total. The predicted molar refractivity (Wildman–Crippen MR) is 134 cm³/mol. The minimum Gasteiger partial charge on any atom is -0.458 e. The Bertz CT molecular complexity index is 1100. The van der Waals surface area contributed by atoms with E-state index in [9.17, 15) is 24.3 Å². The summed E-state index contributed by atoms with van der Waals surface area (Å²) in [6, 6.07) is 8.52. The maximum absolute atomic E-state index is 14.0. The summed E-state index contributed by atoms with van der Waals surface area (Å²) in [6.07, 6.45) is 1.80. The molecule has 0 aromatic heterocycles. The Hall–Kier alpha value is -3.06. The summed E-state index contributed by atoms with van der Waals surface area (Å²) in [7, 11) is 0. The molecular formula is C29H36O7. The molecule has 0 saturated heterocycles. The zero-order valence-corrected chi connectivity index (χ0v) is 21.9. The summed E-state index contributed by atoms with van der Waals surface area (Å²) in [5, 5.41) is 10.9. The van der Waals surface area contributed by atoms with Crippen LogP contribution in [0.1, 0.15) is 71.2 Å². The van der Waals surface area contributed by atoms with Crippen LogP contribution in [0.2, 0.25) is 0 Å². The van der Waals surface area contributed by atoms with Crippen LogP contribution >= 0.6 is 0 Å². The summed E-state index contributed by atoms with van der Waals surface area (Å²) < 4.78 is 11.8. The Labute approximate surface area is 212 Å². The minimum atomic E-state index is -1.61. The quantitative estimate of drug-likeness (QED) is 0.489. The standard InChI is InChI=1S/C29H36O7/c1-17-12-13-28(5,6)24(32)15-23(31)18(2)14-22-25(35-27(34)21-10-8-7-9-11-21)19(3)16-29(22,26(17)33)36-20(4)30/h7-12,14,19,22-23,25,31H,13,15-16H2,1-6H3. The van der Waals surface area contributed by atoms with E-state index >= 15 is 0 Å². The van der Waals surface area contributed by atoms with Crippen molar-refractivity contribution in [2.45, 2.75) is 78.6 Å². The number of allylic oxidation sites excluding steroid dienone is 1. The van der Waals surface area contributed by atoms with E-state index in [4.69, 9.17) is 9.47 Å². The number of ketones is 2. The Balaban J connectivity index is 2.15. The largest absolute Gasteiger partial charge is 0.458 e.